The zero-order valence-corrected chi connectivity index (χ0v) is 13.7. The highest BCUT2D eigenvalue weighted by Gasteiger charge is 2.26. The van der Waals surface area contributed by atoms with Gasteiger partial charge in [0.25, 0.3) is 5.69 Å². The fourth-order valence-corrected chi connectivity index (χ4v) is 3.37. The van der Waals surface area contributed by atoms with E-state index in [1.807, 2.05) is 30.3 Å². The standard InChI is InChI=1S/C19H14N4O3/c24-23(25)14-7-5-13(6-8-14)22-19-15(9-10-20-19)18(21-22)17-11-12-3-1-2-4-16(12)26-17/h1-8,11,20H,9-10H2. The minimum Gasteiger partial charge on any atom is -0.454 e. The van der Waals surface area contributed by atoms with Crippen molar-refractivity contribution in [2.24, 2.45) is 0 Å². The van der Waals surface area contributed by atoms with Gasteiger partial charge in [0, 0.05) is 29.6 Å². The van der Waals surface area contributed by atoms with Gasteiger partial charge in [-0.2, -0.15) is 5.10 Å². The smallest absolute Gasteiger partial charge is 0.269 e. The Morgan fingerprint density at radius 2 is 1.96 bits per heavy atom. The lowest BCUT2D eigenvalue weighted by Gasteiger charge is -2.05. The van der Waals surface area contributed by atoms with E-state index in [1.165, 1.54) is 12.1 Å². The summed E-state index contributed by atoms with van der Waals surface area (Å²) < 4.78 is 7.77. The van der Waals surface area contributed by atoms with Crippen LogP contribution in [-0.2, 0) is 6.42 Å². The average Bonchev–Trinajstić information content (AvgIpc) is 3.36. The van der Waals surface area contributed by atoms with Crippen molar-refractivity contribution in [3.8, 4) is 17.1 Å². The van der Waals surface area contributed by atoms with E-state index in [1.54, 1.807) is 16.8 Å². The summed E-state index contributed by atoms with van der Waals surface area (Å²) in [7, 11) is 0. The normalized spacial score (nSPS) is 12.9. The Hall–Kier alpha value is -3.61. The van der Waals surface area contributed by atoms with Gasteiger partial charge >= 0.3 is 0 Å². The maximum atomic E-state index is 10.9. The molecule has 1 aliphatic rings. The van der Waals surface area contributed by atoms with Crippen molar-refractivity contribution in [2.45, 2.75) is 6.42 Å². The number of nitrogens with zero attached hydrogens (tertiary/aromatic N) is 3. The van der Waals surface area contributed by atoms with Gasteiger partial charge in [-0.05, 0) is 30.7 Å². The van der Waals surface area contributed by atoms with Gasteiger partial charge in [-0.25, -0.2) is 4.68 Å². The maximum Gasteiger partial charge on any atom is 0.269 e. The van der Waals surface area contributed by atoms with Gasteiger partial charge < -0.3 is 9.73 Å². The largest absolute Gasteiger partial charge is 0.454 e. The summed E-state index contributed by atoms with van der Waals surface area (Å²) in [6.07, 6.45) is 0.856. The Balaban J connectivity index is 1.64. The summed E-state index contributed by atoms with van der Waals surface area (Å²) in [5.74, 6) is 1.64. The topological polar surface area (TPSA) is 86.1 Å². The number of non-ortho nitro benzene ring substituents is 1. The first-order valence-electron chi connectivity index (χ1n) is 8.30. The van der Waals surface area contributed by atoms with E-state index in [9.17, 15) is 10.1 Å². The van der Waals surface area contributed by atoms with Crippen LogP contribution in [0.2, 0.25) is 0 Å². The second-order valence-electron chi connectivity index (χ2n) is 6.19. The minimum absolute atomic E-state index is 0.0584. The van der Waals surface area contributed by atoms with Gasteiger partial charge in [0.1, 0.15) is 17.1 Å². The highest BCUT2D eigenvalue weighted by atomic mass is 16.6. The zero-order valence-electron chi connectivity index (χ0n) is 13.7. The molecule has 0 fully saturated rings. The Morgan fingerprint density at radius 1 is 1.15 bits per heavy atom. The number of aromatic nitrogens is 2. The maximum absolute atomic E-state index is 10.9. The summed E-state index contributed by atoms with van der Waals surface area (Å²) in [4.78, 5) is 10.5. The third-order valence-corrected chi connectivity index (χ3v) is 4.61. The molecule has 1 aliphatic heterocycles. The molecule has 0 aliphatic carbocycles. The fraction of sp³-hybridized carbons (Fsp3) is 0.105. The van der Waals surface area contributed by atoms with Gasteiger partial charge in [0.05, 0.1) is 10.6 Å². The van der Waals surface area contributed by atoms with Crippen molar-refractivity contribution in [2.75, 3.05) is 11.9 Å². The first-order chi connectivity index (χ1) is 12.7. The van der Waals surface area contributed by atoms with Gasteiger partial charge in [0.15, 0.2) is 5.76 Å². The number of para-hydroxylation sites is 1. The first-order valence-corrected chi connectivity index (χ1v) is 8.30. The molecule has 0 spiro atoms. The number of anilines is 1. The zero-order chi connectivity index (χ0) is 17.7. The summed E-state index contributed by atoms with van der Waals surface area (Å²) in [5.41, 5.74) is 3.56. The molecule has 0 amide bonds. The Morgan fingerprint density at radius 3 is 2.73 bits per heavy atom. The molecular weight excluding hydrogens is 332 g/mol. The van der Waals surface area contributed by atoms with Gasteiger partial charge in [-0.1, -0.05) is 18.2 Å². The minimum atomic E-state index is -0.407. The van der Waals surface area contributed by atoms with Crippen LogP contribution in [0, 0.1) is 10.1 Å². The van der Waals surface area contributed by atoms with E-state index in [0.717, 1.165) is 52.5 Å². The molecule has 7 nitrogen and oxygen atoms in total. The Labute approximate surface area is 148 Å². The van der Waals surface area contributed by atoms with Gasteiger partial charge in [0.2, 0.25) is 0 Å². The van der Waals surface area contributed by atoms with Crippen LogP contribution in [0.3, 0.4) is 0 Å². The summed E-state index contributed by atoms with van der Waals surface area (Å²) in [6.45, 7) is 0.827. The second-order valence-corrected chi connectivity index (χ2v) is 6.19. The molecule has 128 valence electrons. The van der Waals surface area contributed by atoms with E-state index < -0.39 is 4.92 Å². The van der Waals surface area contributed by atoms with Crippen molar-refractivity contribution < 1.29 is 9.34 Å². The predicted octanol–water partition coefficient (Wildman–Crippen LogP) is 4.16. The fourth-order valence-electron chi connectivity index (χ4n) is 3.37. The van der Waals surface area contributed by atoms with Crippen LogP contribution in [-0.4, -0.2) is 21.2 Å². The quantitative estimate of drug-likeness (QED) is 0.444. The monoisotopic (exact) mass is 346 g/mol. The summed E-state index contributed by atoms with van der Waals surface area (Å²) in [6, 6.07) is 16.2. The molecule has 0 saturated carbocycles. The molecule has 2 aromatic heterocycles. The Bertz CT molecular complexity index is 1110. The molecule has 0 unspecified atom stereocenters. The van der Waals surface area contributed by atoms with Crippen LogP contribution in [0.15, 0.2) is 59.0 Å². The number of hydrogen-bond acceptors (Lipinski definition) is 5. The molecule has 0 bridgehead atoms. The first kappa shape index (κ1) is 14.7. The third-order valence-electron chi connectivity index (χ3n) is 4.61. The molecule has 3 heterocycles. The lowest BCUT2D eigenvalue weighted by Crippen LogP contribution is -2.04. The number of nitro benzene ring substituents is 1. The van der Waals surface area contributed by atoms with Crippen LogP contribution >= 0.6 is 0 Å². The van der Waals surface area contributed by atoms with Crippen molar-refractivity contribution in [3.63, 3.8) is 0 Å². The molecule has 5 rings (SSSR count). The number of nitrogens with one attached hydrogen (secondary N) is 1. The molecule has 4 aromatic rings. The van der Waals surface area contributed by atoms with Crippen molar-refractivity contribution in [1.82, 2.24) is 9.78 Å². The van der Waals surface area contributed by atoms with E-state index in [2.05, 4.69) is 5.32 Å². The molecule has 26 heavy (non-hydrogen) atoms. The molecule has 0 radical (unpaired) electrons. The number of hydrogen-bond donors (Lipinski definition) is 1. The SMILES string of the molecule is O=[N+]([O-])c1ccc(-n2nc(-c3cc4ccccc4o3)c3c2NCC3)cc1. The van der Waals surface area contributed by atoms with E-state index in [-0.39, 0.29) is 5.69 Å². The van der Waals surface area contributed by atoms with E-state index in [4.69, 9.17) is 9.52 Å². The van der Waals surface area contributed by atoms with E-state index in [0.29, 0.717) is 0 Å². The van der Waals surface area contributed by atoms with Crippen LogP contribution in [0.25, 0.3) is 28.1 Å². The number of furan rings is 1. The van der Waals surface area contributed by atoms with Gasteiger partial charge in [-0.15, -0.1) is 0 Å². The average molecular weight is 346 g/mol. The van der Waals surface area contributed by atoms with E-state index >= 15 is 0 Å². The lowest BCUT2D eigenvalue weighted by atomic mass is 10.1. The summed E-state index contributed by atoms with van der Waals surface area (Å²) >= 11 is 0. The van der Waals surface area contributed by atoms with Crippen molar-refractivity contribution >= 4 is 22.5 Å². The molecule has 0 saturated heterocycles. The van der Waals surface area contributed by atoms with Crippen LogP contribution in [0.4, 0.5) is 11.5 Å². The number of benzene rings is 2. The number of nitro groups is 1. The van der Waals surface area contributed by atoms with Crippen molar-refractivity contribution in [1.29, 1.82) is 0 Å². The highest BCUT2D eigenvalue weighted by molar-refractivity contribution is 5.83. The predicted molar refractivity (Wildman–Crippen MR) is 97.6 cm³/mol. The highest BCUT2D eigenvalue weighted by Crippen LogP contribution is 2.37. The summed E-state index contributed by atoms with van der Waals surface area (Å²) in [5, 5.41) is 20.0. The second kappa shape index (κ2) is 5.45. The number of rotatable bonds is 3. The van der Waals surface area contributed by atoms with Crippen LogP contribution in [0.1, 0.15) is 5.56 Å². The van der Waals surface area contributed by atoms with Crippen LogP contribution < -0.4 is 5.32 Å². The molecule has 0 atom stereocenters. The lowest BCUT2D eigenvalue weighted by molar-refractivity contribution is -0.384. The van der Waals surface area contributed by atoms with Crippen molar-refractivity contribution in [3.05, 3.63) is 70.3 Å². The molecule has 2 aromatic carbocycles. The number of fused-ring (bicyclic) bond motifs is 2. The molecule has 1 N–H and O–H groups in total. The van der Waals surface area contributed by atoms with Crippen LogP contribution in [0.5, 0.6) is 0 Å². The third kappa shape index (κ3) is 2.17. The molecule has 7 heteroatoms. The molecular formula is C19H14N4O3. The Kier molecular flexibility index (Phi) is 3.08. The van der Waals surface area contributed by atoms with Gasteiger partial charge in [-0.3, -0.25) is 10.1 Å².